The Labute approximate surface area is 103 Å². The lowest BCUT2D eigenvalue weighted by molar-refractivity contribution is 0.596. The summed E-state index contributed by atoms with van der Waals surface area (Å²) in [5.74, 6) is 1.64. The first-order valence-corrected chi connectivity index (χ1v) is 6.37. The molecule has 2 unspecified atom stereocenters. The summed E-state index contributed by atoms with van der Waals surface area (Å²) in [7, 11) is 2.07. The first-order valence-electron chi connectivity index (χ1n) is 6.37. The predicted octanol–water partition coefficient (Wildman–Crippen LogP) is 1.60. The highest BCUT2D eigenvalue weighted by Gasteiger charge is 2.31. The van der Waals surface area contributed by atoms with Gasteiger partial charge in [0.1, 0.15) is 0 Å². The Hall–Kier alpha value is -1.16. The zero-order chi connectivity index (χ0) is 12.4. The summed E-state index contributed by atoms with van der Waals surface area (Å²) < 4.78 is 0. The van der Waals surface area contributed by atoms with Crippen LogP contribution in [0.5, 0.6) is 0 Å². The highest BCUT2D eigenvalue weighted by Crippen LogP contribution is 2.35. The average molecular weight is 234 g/mol. The van der Waals surface area contributed by atoms with Crippen molar-refractivity contribution in [3.63, 3.8) is 0 Å². The fourth-order valence-corrected chi connectivity index (χ4v) is 2.08. The zero-order valence-electron chi connectivity index (χ0n) is 10.9. The molecular formula is C13H22N4. The zero-order valence-corrected chi connectivity index (χ0v) is 10.9. The van der Waals surface area contributed by atoms with Crippen LogP contribution in [0.1, 0.15) is 32.3 Å². The molecule has 4 nitrogen and oxygen atoms in total. The van der Waals surface area contributed by atoms with E-state index in [1.165, 1.54) is 12.8 Å². The van der Waals surface area contributed by atoms with Crippen molar-refractivity contribution >= 4 is 5.95 Å². The molecule has 0 radical (unpaired) electrons. The van der Waals surface area contributed by atoms with E-state index in [0.717, 1.165) is 23.9 Å². The van der Waals surface area contributed by atoms with Crippen LogP contribution in [0.25, 0.3) is 0 Å². The lowest BCUT2D eigenvalue weighted by atomic mass is 10.1. The van der Waals surface area contributed by atoms with E-state index in [0.29, 0.717) is 6.04 Å². The second kappa shape index (κ2) is 5.00. The van der Waals surface area contributed by atoms with Crippen LogP contribution in [0.4, 0.5) is 5.95 Å². The lowest BCUT2D eigenvalue weighted by Crippen LogP contribution is -2.32. The molecule has 4 heteroatoms. The Morgan fingerprint density at radius 2 is 1.94 bits per heavy atom. The average Bonchev–Trinajstić information content (AvgIpc) is 3.11. The quantitative estimate of drug-likeness (QED) is 0.841. The van der Waals surface area contributed by atoms with Gasteiger partial charge in [-0.05, 0) is 44.6 Å². The van der Waals surface area contributed by atoms with Gasteiger partial charge in [0.15, 0.2) is 0 Å². The number of hydrogen-bond donors (Lipinski definition) is 1. The Balaban J connectivity index is 2.01. The summed E-state index contributed by atoms with van der Waals surface area (Å²) in [5.41, 5.74) is 6.86. The summed E-state index contributed by atoms with van der Waals surface area (Å²) in [6.45, 7) is 4.24. The van der Waals surface area contributed by atoms with Gasteiger partial charge in [0, 0.05) is 31.5 Å². The van der Waals surface area contributed by atoms with E-state index in [2.05, 4.69) is 28.8 Å². The van der Waals surface area contributed by atoms with Gasteiger partial charge < -0.3 is 10.6 Å². The van der Waals surface area contributed by atoms with Crippen molar-refractivity contribution in [3.8, 4) is 0 Å². The van der Waals surface area contributed by atoms with Gasteiger partial charge in [0.2, 0.25) is 5.95 Å². The number of nitrogens with two attached hydrogens (primary N) is 1. The van der Waals surface area contributed by atoms with Crippen LogP contribution in [0.15, 0.2) is 12.4 Å². The molecule has 17 heavy (non-hydrogen) atoms. The van der Waals surface area contributed by atoms with Gasteiger partial charge in [-0.25, -0.2) is 9.97 Å². The second-order valence-corrected chi connectivity index (χ2v) is 5.26. The van der Waals surface area contributed by atoms with Crippen molar-refractivity contribution in [1.82, 2.24) is 9.97 Å². The van der Waals surface area contributed by atoms with E-state index >= 15 is 0 Å². The largest absolute Gasteiger partial charge is 0.341 e. The van der Waals surface area contributed by atoms with E-state index in [1.807, 2.05) is 19.3 Å². The monoisotopic (exact) mass is 234 g/mol. The first kappa shape index (κ1) is 12.3. The number of anilines is 1. The number of nitrogens with zero attached hydrogens (tertiary/aromatic N) is 3. The molecule has 1 aromatic heterocycles. The Morgan fingerprint density at radius 1 is 1.35 bits per heavy atom. The minimum Gasteiger partial charge on any atom is -0.341 e. The molecule has 1 aromatic rings. The maximum Gasteiger partial charge on any atom is 0.225 e. The van der Waals surface area contributed by atoms with Gasteiger partial charge >= 0.3 is 0 Å². The third-order valence-electron chi connectivity index (χ3n) is 3.48. The van der Waals surface area contributed by atoms with Crippen LogP contribution in [-0.2, 0) is 6.42 Å². The summed E-state index contributed by atoms with van der Waals surface area (Å²) in [6.07, 6.45) is 7.30. The highest BCUT2D eigenvalue weighted by molar-refractivity contribution is 5.31. The summed E-state index contributed by atoms with van der Waals surface area (Å²) >= 11 is 0. The van der Waals surface area contributed by atoms with Crippen molar-refractivity contribution in [2.24, 2.45) is 11.7 Å². The number of hydrogen-bond acceptors (Lipinski definition) is 4. The van der Waals surface area contributed by atoms with Gasteiger partial charge in [-0.1, -0.05) is 0 Å². The maximum atomic E-state index is 5.75. The molecule has 0 aromatic carbocycles. The molecule has 94 valence electrons. The van der Waals surface area contributed by atoms with Gasteiger partial charge in [0.05, 0.1) is 0 Å². The highest BCUT2D eigenvalue weighted by atomic mass is 15.2. The van der Waals surface area contributed by atoms with Gasteiger partial charge in [0.25, 0.3) is 0 Å². The molecule has 0 bridgehead atoms. The number of rotatable bonds is 5. The van der Waals surface area contributed by atoms with Crippen molar-refractivity contribution in [2.45, 2.75) is 45.2 Å². The SMILES string of the molecule is CC(N)Cc1cnc(N(C)C(C)C2CC2)nc1. The van der Waals surface area contributed by atoms with E-state index in [-0.39, 0.29) is 6.04 Å². The topological polar surface area (TPSA) is 55.0 Å². The van der Waals surface area contributed by atoms with Crippen LogP contribution in [0.2, 0.25) is 0 Å². The van der Waals surface area contributed by atoms with Crippen LogP contribution < -0.4 is 10.6 Å². The fourth-order valence-electron chi connectivity index (χ4n) is 2.08. The molecule has 1 heterocycles. The summed E-state index contributed by atoms with van der Waals surface area (Å²) in [6, 6.07) is 0.696. The van der Waals surface area contributed by atoms with Crippen molar-refractivity contribution in [1.29, 1.82) is 0 Å². The normalized spacial score (nSPS) is 18.8. The molecule has 1 aliphatic carbocycles. The molecule has 2 rings (SSSR count). The van der Waals surface area contributed by atoms with Crippen molar-refractivity contribution < 1.29 is 0 Å². The van der Waals surface area contributed by atoms with Gasteiger partial charge in [-0.15, -0.1) is 0 Å². The Kier molecular flexibility index (Phi) is 3.62. The third-order valence-corrected chi connectivity index (χ3v) is 3.48. The third kappa shape index (κ3) is 3.16. The molecule has 2 N–H and O–H groups in total. The van der Waals surface area contributed by atoms with Crippen molar-refractivity contribution in [2.75, 3.05) is 11.9 Å². The van der Waals surface area contributed by atoms with Crippen LogP contribution in [0.3, 0.4) is 0 Å². The van der Waals surface area contributed by atoms with Crippen molar-refractivity contribution in [3.05, 3.63) is 18.0 Å². The number of aromatic nitrogens is 2. The predicted molar refractivity (Wildman–Crippen MR) is 70.0 cm³/mol. The molecular weight excluding hydrogens is 212 g/mol. The van der Waals surface area contributed by atoms with E-state index < -0.39 is 0 Å². The van der Waals surface area contributed by atoms with Crippen LogP contribution in [0, 0.1) is 5.92 Å². The second-order valence-electron chi connectivity index (χ2n) is 5.26. The maximum absolute atomic E-state index is 5.75. The standard InChI is InChI=1S/C13H22N4/c1-9(14)6-11-7-15-13(16-8-11)17(3)10(2)12-4-5-12/h7-10,12H,4-6,14H2,1-3H3. The van der Waals surface area contributed by atoms with E-state index in [4.69, 9.17) is 5.73 Å². The fraction of sp³-hybridized carbons (Fsp3) is 0.692. The van der Waals surface area contributed by atoms with Crippen LogP contribution >= 0.6 is 0 Å². The molecule has 0 amide bonds. The molecule has 1 saturated carbocycles. The lowest BCUT2D eigenvalue weighted by Gasteiger charge is -2.24. The summed E-state index contributed by atoms with van der Waals surface area (Å²) in [5, 5.41) is 0. The minimum atomic E-state index is 0.160. The molecule has 2 atom stereocenters. The molecule has 0 saturated heterocycles. The Morgan fingerprint density at radius 3 is 2.41 bits per heavy atom. The minimum absolute atomic E-state index is 0.160. The van der Waals surface area contributed by atoms with Gasteiger partial charge in [-0.3, -0.25) is 0 Å². The summed E-state index contributed by atoms with van der Waals surface area (Å²) in [4.78, 5) is 11.0. The van der Waals surface area contributed by atoms with Gasteiger partial charge in [-0.2, -0.15) is 0 Å². The molecule has 0 spiro atoms. The Bertz CT molecular complexity index is 356. The molecule has 0 aliphatic heterocycles. The van der Waals surface area contributed by atoms with E-state index in [1.54, 1.807) is 0 Å². The molecule has 1 aliphatic rings. The first-order chi connectivity index (χ1) is 8.08. The smallest absolute Gasteiger partial charge is 0.225 e. The van der Waals surface area contributed by atoms with E-state index in [9.17, 15) is 0 Å². The molecule has 1 fully saturated rings. The van der Waals surface area contributed by atoms with Crippen LogP contribution in [-0.4, -0.2) is 29.1 Å².